The van der Waals surface area contributed by atoms with Crippen molar-refractivity contribution in [3.63, 3.8) is 0 Å². The van der Waals surface area contributed by atoms with E-state index in [-0.39, 0.29) is 5.91 Å². The van der Waals surface area contributed by atoms with E-state index >= 15 is 0 Å². The summed E-state index contributed by atoms with van der Waals surface area (Å²) in [6.07, 6.45) is 0. The number of rotatable bonds is 3. The Labute approximate surface area is 122 Å². The van der Waals surface area contributed by atoms with E-state index in [1.807, 2.05) is 25.7 Å². The maximum Gasteiger partial charge on any atom is 0.358 e. The number of thiazole rings is 1. The Morgan fingerprint density at radius 1 is 1.55 bits per heavy atom. The number of piperazine rings is 1. The minimum absolute atomic E-state index is 0.0331. The Morgan fingerprint density at radius 2 is 2.25 bits per heavy atom. The molecule has 0 radical (unpaired) electrons. The van der Waals surface area contributed by atoms with Crippen LogP contribution in [0.15, 0.2) is 0 Å². The van der Waals surface area contributed by atoms with Crippen LogP contribution in [-0.4, -0.2) is 42.1 Å². The first kappa shape index (κ1) is 14.8. The second kappa shape index (κ2) is 5.40. The molecule has 0 saturated carbocycles. The Hall–Kier alpha value is -1.63. The molecule has 20 heavy (non-hydrogen) atoms. The summed E-state index contributed by atoms with van der Waals surface area (Å²) < 4.78 is 4.99. The van der Waals surface area contributed by atoms with Crippen LogP contribution in [0.4, 0.5) is 5.13 Å². The molecule has 7 heteroatoms. The van der Waals surface area contributed by atoms with Gasteiger partial charge < -0.3 is 15.0 Å². The summed E-state index contributed by atoms with van der Waals surface area (Å²) in [5.74, 6) is -0.443. The van der Waals surface area contributed by atoms with E-state index in [9.17, 15) is 9.59 Å². The third kappa shape index (κ3) is 2.49. The van der Waals surface area contributed by atoms with Crippen molar-refractivity contribution in [1.82, 2.24) is 10.3 Å². The van der Waals surface area contributed by atoms with Gasteiger partial charge in [-0.25, -0.2) is 9.78 Å². The van der Waals surface area contributed by atoms with Gasteiger partial charge in [-0.1, -0.05) is 0 Å². The molecule has 110 valence electrons. The molecule has 1 saturated heterocycles. The molecule has 0 spiro atoms. The van der Waals surface area contributed by atoms with Crippen molar-refractivity contribution >= 4 is 28.3 Å². The molecule has 0 unspecified atom stereocenters. The van der Waals surface area contributed by atoms with E-state index in [0.717, 1.165) is 4.88 Å². The van der Waals surface area contributed by atoms with E-state index in [1.165, 1.54) is 11.3 Å². The molecule has 1 aliphatic rings. The number of esters is 1. The second-order valence-electron chi connectivity index (χ2n) is 5.09. The molecule has 6 nitrogen and oxygen atoms in total. The minimum Gasteiger partial charge on any atom is -0.461 e. The summed E-state index contributed by atoms with van der Waals surface area (Å²) in [5, 5.41) is 3.53. The van der Waals surface area contributed by atoms with E-state index in [1.54, 1.807) is 6.92 Å². The first-order valence-electron chi connectivity index (χ1n) is 6.58. The van der Waals surface area contributed by atoms with Crippen molar-refractivity contribution in [3.05, 3.63) is 10.6 Å². The van der Waals surface area contributed by atoms with Gasteiger partial charge in [0, 0.05) is 18.0 Å². The van der Waals surface area contributed by atoms with Gasteiger partial charge in [-0.15, -0.1) is 11.3 Å². The lowest BCUT2D eigenvalue weighted by Gasteiger charge is -2.41. The van der Waals surface area contributed by atoms with Crippen molar-refractivity contribution in [2.24, 2.45) is 0 Å². The number of hydrogen-bond acceptors (Lipinski definition) is 6. The first-order chi connectivity index (χ1) is 9.37. The third-order valence-electron chi connectivity index (χ3n) is 3.34. The lowest BCUT2D eigenvalue weighted by atomic mass is 10.00. The molecule has 2 heterocycles. The fraction of sp³-hybridized carbons (Fsp3) is 0.615. The van der Waals surface area contributed by atoms with Crippen LogP contribution >= 0.6 is 11.3 Å². The van der Waals surface area contributed by atoms with Crippen molar-refractivity contribution < 1.29 is 14.3 Å². The summed E-state index contributed by atoms with van der Waals surface area (Å²) >= 11 is 1.41. The molecule has 2 rings (SSSR count). The quantitative estimate of drug-likeness (QED) is 0.853. The number of carbonyl (C=O) groups excluding carboxylic acids is 2. The van der Waals surface area contributed by atoms with Gasteiger partial charge in [0.15, 0.2) is 10.8 Å². The maximum atomic E-state index is 12.0. The van der Waals surface area contributed by atoms with Crippen LogP contribution in [0.25, 0.3) is 0 Å². The van der Waals surface area contributed by atoms with E-state index in [2.05, 4.69) is 10.3 Å². The molecule has 1 N–H and O–H groups in total. The summed E-state index contributed by atoms with van der Waals surface area (Å²) in [5.41, 5.74) is -0.331. The topological polar surface area (TPSA) is 71.5 Å². The number of amides is 1. The van der Waals surface area contributed by atoms with Crippen LogP contribution in [0.1, 0.15) is 36.1 Å². The smallest absolute Gasteiger partial charge is 0.358 e. The molecule has 0 aromatic carbocycles. The number of nitrogens with one attached hydrogen (secondary N) is 1. The fourth-order valence-corrected chi connectivity index (χ4v) is 3.19. The van der Waals surface area contributed by atoms with Gasteiger partial charge >= 0.3 is 5.97 Å². The van der Waals surface area contributed by atoms with Gasteiger partial charge in [0.05, 0.1) is 6.61 Å². The number of aryl methyl sites for hydroxylation is 1. The second-order valence-corrected chi connectivity index (χ2v) is 6.27. The normalized spacial score (nSPS) is 17.8. The van der Waals surface area contributed by atoms with Crippen LogP contribution < -0.4 is 10.2 Å². The largest absolute Gasteiger partial charge is 0.461 e. The highest BCUT2D eigenvalue weighted by atomic mass is 32.1. The molecule has 1 amide bonds. The summed E-state index contributed by atoms with van der Waals surface area (Å²) in [4.78, 5) is 30.9. The number of hydrogen-bond donors (Lipinski definition) is 1. The Bertz CT molecular complexity index is 539. The fourth-order valence-electron chi connectivity index (χ4n) is 2.12. The highest BCUT2D eigenvalue weighted by molar-refractivity contribution is 7.15. The number of aromatic nitrogens is 1. The van der Waals surface area contributed by atoms with Crippen molar-refractivity contribution in [1.29, 1.82) is 0 Å². The van der Waals surface area contributed by atoms with E-state index in [0.29, 0.717) is 30.5 Å². The predicted molar refractivity (Wildman–Crippen MR) is 77.2 cm³/mol. The van der Waals surface area contributed by atoms with Crippen molar-refractivity contribution in [2.75, 3.05) is 24.6 Å². The monoisotopic (exact) mass is 297 g/mol. The molecule has 1 fully saturated rings. The molecule has 0 aliphatic carbocycles. The number of carbonyl (C=O) groups is 2. The number of ether oxygens (including phenoxy) is 1. The Kier molecular flexibility index (Phi) is 3.99. The molecular weight excluding hydrogens is 278 g/mol. The van der Waals surface area contributed by atoms with Crippen LogP contribution in [0, 0.1) is 6.92 Å². The molecule has 1 aromatic rings. The average Bonchev–Trinajstić information content (AvgIpc) is 2.75. The molecule has 0 atom stereocenters. The first-order valence-corrected chi connectivity index (χ1v) is 7.40. The lowest BCUT2D eigenvalue weighted by Crippen LogP contribution is -2.62. The van der Waals surface area contributed by atoms with Crippen LogP contribution in [0.3, 0.4) is 0 Å². The zero-order valence-corrected chi connectivity index (χ0v) is 13.0. The SMILES string of the molecule is CCOC(=O)c1nc(N2CCNC(=O)C2(C)C)sc1C. The summed E-state index contributed by atoms with van der Waals surface area (Å²) in [7, 11) is 0. The number of nitrogens with zero attached hydrogens (tertiary/aromatic N) is 2. The zero-order chi connectivity index (χ0) is 14.9. The third-order valence-corrected chi connectivity index (χ3v) is 4.33. The predicted octanol–water partition coefficient (Wildman–Crippen LogP) is 1.34. The lowest BCUT2D eigenvalue weighted by molar-refractivity contribution is -0.126. The van der Waals surface area contributed by atoms with Crippen LogP contribution in [0.5, 0.6) is 0 Å². The maximum absolute atomic E-state index is 12.0. The minimum atomic E-state index is -0.672. The van der Waals surface area contributed by atoms with Gasteiger partial charge in [0.2, 0.25) is 5.91 Å². The van der Waals surface area contributed by atoms with Crippen molar-refractivity contribution in [3.8, 4) is 0 Å². The zero-order valence-electron chi connectivity index (χ0n) is 12.1. The van der Waals surface area contributed by atoms with Gasteiger partial charge in [-0.3, -0.25) is 4.79 Å². The van der Waals surface area contributed by atoms with Gasteiger partial charge in [-0.2, -0.15) is 0 Å². The average molecular weight is 297 g/mol. The molecule has 0 bridgehead atoms. The van der Waals surface area contributed by atoms with Gasteiger partial charge in [0.1, 0.15) is 5.54 Å². The van der Waals surface area contributed by atoms with Gasteiger partial charge in [0.25, 0.3) is 0 Å². The Morgan fingerprint density at radius 3 is 2.90 bits per heavy atom. The van der Waals surface area contributed by atoms with Crippen LogP contribution in [-0.2, 0) is 9.53 Å². The van der Waals surface area contributed by atoms with Gasteiger partial charge in [-0.05, 0) is 27.7 Å². The number of anilines is 1. The highest BCUT2D eigenvalue weighted by Gasteiger charge is 2.39. The van der Waals surface area contributed by atoms with E-state index < -0.39 is 11.5 Å². The molecule has 1 aliphatic heterocycles. The molecular formula is C13H19N3O3S. The Balaban J connectivity index is 2.32. The van der Waals surface area contributed by atoms with E-state index in [4.69, 9.17) is 4.74 Å². The highest BCUT2D eigenvalue weighted by Crippen LogP contribution is 2.32. The van der Waals surface area contributed by atoms with Crippen LogP contribution in [0.2, 0.25) is 0 Å². The molecule has 1 aromatic heterocycles. The van der Waals surface area contributed by atoms with Crippen molar-refractivity contribution in [2.45, 2.75) is 33.2 Å². The standard InChI is InChI=1S/C13H19N3O3S/c1-5-19-10(17)9-8(2)20-12(15-9)16-7-6-14-11(18)13(16,3)4/h5-7H2,1-4H3,(H,14,18). The summed E-state index contributed by atoms with van der Waals surface area (Å²) in [6, 6.07) is 0. The summed E-state index contributed by atoms with van der Waals surface area (Å²) in [6.45, 7) is 8.87.